The molecule has 2 aromatic rings. The van der Waals surface area contributed by atoms with Crippen molar-refractivity contribution in [1.82, 2.24) is 9.78 Å². The van der Waals surface area contributed by atoms with Gasteiger partial charge in [-0.25, -0.2) is 13.5 Å². The Morgan fingerprint density at radius 2 is 2.12 bits per heavy atom. The van der Waals surface area contributed by atoms with Crippen LogP contribution in [0.3, 0.4) is 0 Å². The van der Waals surface area contributed by atoms with Gasteiger partial charge in [0.25, 0.3) is 5.56 Å². The van der Waals surface area contributed by atoms with E-state index in [0.29, 0.717) is 3.57 Å². The van der Waals surface area contributed by atoms with Gasteiger partial charge in [-0.2, -0.15) is 5.10 Å². The van der Waals surface area contributed by atoms with Crippen molar-refractivity contribution in [2.45, 2.75) is 6.54 Å². The molecule has 6 heteroatoms. The van der Waals surface area contributed by atoms with Crippen LogP contribution in [0.15, 0.2) is 35.3 Å². The fourth-order valence-corrected chi connectivity index (χ4v) is 1.75. The maximum atomic E-state index is 13.4. The molecular weight excluding hydrogens is 341 g/mol. The van der Waals surface area contributed by atoms with Crippen molar-refractivity contribution in [2.24, 2.45) is 0 Å². The highest BCUT2D eigenvalue weighted by atomic mass is 127. The molecule has 1 aromatic heterocycles. The largest absolute Gasteiger partial charge is 0.268 e. The maximum absolute atomic E-state index is 13.4. The lowest BCUT2D eigenvalue weighted by Gasteiger charge is -2.05. The molecular formula is C11H7F2IN2O. The quantitative estimate of drug-likeness (QED) is 0.780. The Kier molecular flexibility index (Phi) is 3.51. The molecule has 1 aromatic carbocycles. The molecule has 0 saturated heterocycles. The summed E-state index contributed by atoms with van der Waals surface area (Å²) >= 11 is 1.96. The molecule has 0 atom stereocenters. The van der Waals surface area contributed by atoms with E-state index in [9.17, 15) is 13.6 Å². The summed E-state index contributed by atoms with van der Waals surface area (Å²) in [5.41, 5.74) is -0.249. The lowest BCUT2D eigenvalue weighted by Crippen LogP contribution is -2.23. The molecule has 0 N–H and O–H groups in total. The topological polar surface area (TPSA) is 34.9 Å². The third kappa shape index (κ3) is 2.68. The first-order valence-corrected chi connectivity index (χ1v) is 5.81. The lowest BCUT2D eigenvalue weighted by atomic mass is 10.2. The average Bonchev–Trinajstić information content (AvgIpc) is 2.28. The van der Waals surface area contributed by atoms with E-state index in [1.807, 2.05) is 22.6 Å². The van der Waals surface area contributed by atoms with Crippen molar-refractivity contribution < 1.29 is 8.78 Å². The number of halogens is 3. The first kappa shape index (κ1) is 12.2. The number of benzene rings is 1. The summed E-state index contributed by atoms with van der Waals surface area (Å²) < 4.78 is 28.1. The molecule has 0 amide bonds. The summed E-state index contributed by atoms with van der Waals surface area (Å²) in [5.74, 6) is -1.87. The van der Waals surface area contributed by atoms with Crippen molar-refractivity contribution in [1.29, 1.82) is 0 Å². The lowest BCUT2D eigenvalue weighted by molar-refractivity contribution is 0.489. The van der Waals surface area contributed by atoms with Gasteiger partial charge in [0.1, 0.15) is 0 Å². The van der Waals surface area contributed by atoms with Gasteiger partial charge in [-0.15, -0.1) is 0 Å². The van der Waals surface area contributed by atoms with E-state index in [1.165, 1.54) is 24.4 Å². The Bertz CT molecular complexity index is 613. The van der Waals surface area contributed by atoms with Crippen LogP contribution in [-0.2, 0) is 6.54 Å². The Hall–Kier alpha value is -1.31. The van der Waals surface area contributed by atoms with Crippen LogP contribution >= 0.6 is 22.6 Å². The maximum Gasteiger partial charge on any atom is 0.268 e. The fraction of sp³-hybridized carbons (Fsp3) is 0.0909. The first-order valence-electron chi connectivity index (χ1n) is 4.73. The highest BCUT2D eigenvalue weighted by Crippen LogP contribution is 2.11. The third-order valence-electron chi connectivity index (χ3n) is 2.19. The third-order valence-corrected chi connectivity index (χ3v) is 2.78. The average molecular weight is 348 g/mol. The molecule has 0 saturated carbocycles. The number of hydrogen-bond donors (Lipinski definition) is 0. The van der Waals surface area contributed by atoms with Crippen molar-refractivity contribution in [3.05, 3.63) is 61.6 Å². The van der Waals surface area contributed by atoms with Gasteiger partial charge in [0.2, 0.25) is 0 Å². The van der Waals surface area contributed by atoms with Crippen molar-refractivity contribution >= 4 is 22.6 Å². The highest BCUT2D eigenvalue weighted by molar-refractivity contribution is 14.1. The Labute approximate surface area is 109 Å². The van der Waals surface area contributed by atoms with Crippen LogP contribution in [0.2, 0.25) is 0 Å². The van der Waals surface area contributed by atoms with Crippen molar-refractivity contribution in [3.8, 4) is 0 Å². The van der Waals surface area contributed by atoms with E-state index >= 15 is 0 Å². The number of aromatic nitrogens is 2. The molecule has 0 aliphatic rings. The summed E-state index contributed by atoms with van der Waals surface area (Å²) in [4.78, 5) is 11.5. The molecule has 17 heavy (non-hydrogen) atoms. The molecule has 3 nitrogen and oxygen atoms in total. The summed E-state index contributed by atoms with van der Waals surface area (Å²) in [5, 5.41) is 3.85. The van der Waals surface area contributed by atoms with Crippen LogP contribution in [0.5, 0.6) is 0 Å². The minimum absolute atomic E-state index is 0.0840. The van der Waals surface area contributed by atoms with Gasteiger partial charge in [-0.1, -0.05) is 12.1 Å². The smallest absolute Gasteiger partial charge is 0.268 e. The zero-order valence-electron chi connectivity index (χ0n) is 8.53. The van der Waals surface area contributed by atoms with Gasteiger partial charge in [0.05, 0.1) is 12.7 Å². The van der Waals surface area contributed by atoms with Gasteiger partial charge in [-0.05, 0) is 28.7 Å². The summed E-state index contributed by atoms with van der Waals surface area (Å²) in [6.45, 7) is -0.0840. The highest BCUT2D eigenvalue weighted by Gasteiger charge is 2.09. The molecule has 0 radical (unpaired) electrons. The van der Waals surface area contributed by atoms with E-state index in [1.54, 1.807) is 0 Å². The summed E-state index contributed by atoms with van der Waals surface area (Å²) in [6, 6.07) is 5.23. The van der Waals surface area contributed by atoms with Crippen LogP contribution in [0, 0.1) is 15.2 Å². The van der Waals surface area contributed by atoms with E-state index in [4.69, 9.17) is 0 Å². The van der Waals surface area contributed by atoms with Gasteiger partial charge in [0, 0.05) is 15.2 Å². The number of nitrogens with zero attached hydrogens (tertiary/aromatic N) is 2. The molecule has 0 aliphatic carbocycles. The minimum Gasteiger partial charge on any atom is -0.268 e. The second-order valence-electron chi connectivity index (χ2n) is 3.38. The predicted molar refractivity (Wildman–Crippen MR) is 66.7 cm³/mol. The zero-order valence-corrected chi connectivity index (χ0v) is 10.7. The Balaban J connectivity index is 2.38. The van der Waals surface area contributed by atoms with E-state index < -0.39 is 11.6 Å². The summed E-state index contributed by atoms with van der Waals surface area (Å²) in [6.07, 6.45) is 1.49. The monoisotopic (exact) mass is 348 g/mol. The fourth-order valence-electron chi connectivity index (χ4n) is 1.36. The van der Waals surface area contributed by atoms with Crippen molar-refractivity contribution in [2.75, 3.05) is 0 Å². The van der Waals surface area contributed by atoms with E-state index in [-0.39, 0.29) is 17.7 Å². The van der Waals surface area contributed by atoms with Gasteiger partial charge >= 0.3 is 0 Å². The van der Waals surface area contributed by atoms with Crippen LogP contribution in [0.4, 0.5) is 8.78 Å². The molecule has 1 heterocycles. The van der Waals surface area contributed by atoms with Crippen LogP contribution in [-0.4, -0.2) is 9.78 Å². The normalized spacial score (nSPS) is 10.5. The zero-order chi connectivity index (χ0) is 12.4. The Morgan fingerprint density at radius 1 is 1.35 bits per heavy atom. The molecule has 88 valence electrons. The predicted octanol–water partition coefficient (Wildman–Crippen LogP) is 2.17. The number of hydrogen-bond acceptors (Lipinski definition) is 2. The molecule has 0 spiro atoms. The van der Waals surface area contributed by atoms with Gasteiger partial charge in [-0.3, -0.25) is 4.79 Å². The van der Waals surface area contributed by atoms with Crippen LogP contribution in [0.1, 0.15) is 5.56 Å². The minimum atomic E-state index is -0.945. The first-order chi connectivity index (χ1) is 8.08. The second-order valence-corrected chi connectivity index (χ2v) is 4.63. The van der Waals surface area contributed by atoms with E-state index in [2.05, 4.69) is 5.10 Å². The molecule has 0 fully saturated rings. The van der Waals surface area contributed by atoms with Crippen molar-refractivity contribution in [3.63, 3.8) is 0 Å². The van der Waals surface area contributed by atoms with E-state index in [0.717, 1.165) is 10.7 Å². The molecule has 0 aliphatic heterocycles. The van der Waals surface area contributed by atoms with Crippen LogP contribution < -0.4 is 5.56 Å². The van der Waals surface area contributed by atoms with Crippen LogP contribution in [0.25, 0.3) is 0 Å². The molecule has 0 bridgehead atoms. The Morgan fingerprint density at radius 3 is 2.82 bits per heavy atom. The number of rotatable bonds is 2. The molecule has 0 unspecified atom stereocenters. The second kappa shape index (κ2) is 4.91. The standard InChI is InChI=1S/C11H7F2IN2O/c12-9-3-1-2-7(11(9)13)6-16-10(17)4-8(14)5-15-16/h1-5H,6H2. The molecule has 2 rings (SSSR count). The van der Waals surface area contributed by atoms with Gasteiger partial charge in [0.15, 0.2) is 11.6 Å². The SMILES string of the molecule is O=c1cc(I)cnn1Cc1cccc(F)c1F. The summed E-state index contributed by atoms with van der Waals surface area (Å²) in [7, 11) is 0. The van der Waals surface area contributed by atoms with Gasteiger partial charge < -0.3 is 0 Å².